The molecule has 94 valence electrons. The van der Waals surface area contributed by atoms with E-state index in [1.165, 1.54) is 17.8 Å². The van der Waals surface area contributed by atoms with Crippen molar-refractivity contribution in [1.82, 2.24) is 4.98 Å². The van der Waals surface area contributed by atoms with Gasteiger partial charge >= 0.3 is 0 Å². The molecule has 1 heterocycles. The van der Waals surface area contributed by atoms with Crippen LogP contribution in [0.1, 0.15) is 35.0 Å². The number of thiazole rings is 1. The molecule has 4 heteroatoms. The first-order valence-corrected chi connectivity index (χ1v) is 7.00. The Balaban J connectivity index is 1.61. The van der Waals surface area contributed by atoms with Crippen LogP contribution in [0.4, 0.5) is 0 Å². The predicted molar refractivity (Wildman–Crippen MR) is 70.8 cm³/mol. The number of aliphatic hydroxyl groups is 1. The fraction of sp³-hybridized carbons (Fsp3) is 0.357. The third-order valence-electron chi connectivity index (χ3n) is 2.96. The van der Waals surface area contributed by atoms with Gasteiger partial charge in [-0.25, -0.2) is 4.98 Å². The van der Waals surface area contributed by atoms with Crippen molar-refractivity contribution < 1.29 is 9.84 Å². The summed E-state index contributed by atoms with van der Waals surface area (Å²) in [4.78, 5) is 4.57. The molecule has 3 nitrogen and oxygen atoms in total. The van der Waals surface area contributed by atoms with Crippen molar-refractivity contribution in [3.8, 4) is 5.75 Å². The SMILES string of the molecule is OCc1cccc(OCc2csc(C3CC3)n2)c1. The molecule has 0 unspecified atom stereocenters. The zero-order chi connectivity index (χ0) is 12.4. The van der Waals surface area contributed by atoms with Gasteiger partial charge in [0.1, 0.15) is 12.4 Å². The summed E-state index contributed by atoms with van der Waals surface area (Å²) in [5.41, 5.74) is 1.86. The number of ether oxygens (including phenoxy) is 1. The second-order valence-electron chi connectivity index (χ2n) is 4.55. The summed E-state index contributed by atoms with van der Waals surface area (Å²) < 4.78 is 5.68. The number of aliphatic hydroxyl groups excluding tert-OH is 1. The van der Waals surface area contributed by atoms with Crippen molar-refractivity contribution in [2.75, 3.05) is 0 Å². The standard InChI is InChI=1S/C14H15NO2S/c16-7-10-2-1-3-13(6-10)17-8-12-9-18-14(15-12)11-4-5-11/h1-3,6,9,11,16H,4-5,7-8H2. The van der Waals surface area contributed by atoms with Crippen LogP contribution >= 0.6 is 11.3 Å². The van der Waals surface area contributed by atoms with Crippen LogP contribution in [0.3, 0.4) is 0 Å². The maximum Gasteiger partial charge on any atom is 0.131 e. The van der Waals surface area contributed by atoms with Gasteiger partial charge in [-0.3, -0.25) is 0 Å². The van der Waals surface area contributed by atoms with E-state index in [0.29, 0.717) is 12.5 Å². The summed E-state index contributed by atoms with van der Waals surface area (Å²) in [5, 5.41) is 12.4. The van der Waals surface area contributed by atoms with Crippen LogP contribution in [0.2, 0.25) is 0 Å². The fourth-order valence-electron chi connectivity index (χ4n) is 1.80. The molecule has 0 bridgehead atoms. The molecular weight excluding hydrogens is 246 g/mol. The number of hydrogen-bond acceptors (Lipinski definition) is 4. The number of aromatic nitrogens is 1. The Bertz CT molecular complexity index is 534. The Morgan fingerprint density at radius 3 is 3.06 bits per heavy atom. The lowest BCUT2D eigenvalue weighted by Gasteiger charge is -2.05. The van der Waals surface area contributed by atoms with Gasteiger partial charge < -0.3 is 9.84 Å². The molecule has 0 aliphatic heterocycles. The molecule has 1 aliphatic rings. The molecule has 18 heavy (non-hydrogen) atoms. The second-order valence-corrected chi connectivity index (χ2v) is 5.44. The first kappa shape index (κ1) is 11.7. The predicted octanol–water partition coefficient (Wildman–Crippen LogP) is 3.09. The van der Waals surface area contributed by atoms with E-state index in [2.05, 4.69) is 10.4 Å². The summed E-state index contributed by atoms with van der Waals surface area (Å²) >= 11 is 1.73. The molecule has 1 saturated carbocycles. The van der Waals surface area contributed by atoms with Gasteiger partial charge in [-0.15, -0.1) is 11.3 Å². The average molecular weight is 261 g/mol. The number of hydrogen-bond donors (Lipinski definition) is 1. The maximum atomic E-state index is 9.05. The van der Waals surface area contributed by atoms with Crippen molar-refractivity contribution in [1.29, 1.82) is 0 Å². The molecule has 1 aromatic carbocycles. The van der Waals surface area contributed by atoms with E-state index in [4.69, 9.17) is 9.84 Å². The maximum absolute atomic E-state index is 9.05. The molecule has 1 fully saturated rings. The molecule has 0 spiro atoms. The smallest absolute Gasteiger partial charge is 0.131 e. The first-order chi connectivity index (χ1) is 8.85. The Morgan fingerprint density at radius 2 is 2.28 bits per heavy atom. The fourth-order valence-corrected chi connectivity index (χ4v) is 2.77. The lowest BCUT2D eigenvalue weighted by atomic mass is 10.2. The Kier molecular flexibility index (Phi) is 3.30. The second kappa shape index (κ2) is 5.08. The lowest BCUT2D eigenvalue weighted by Crippen LogP contribution is -1.96. The van der Waals surface area contributed by atoms with Crippen LogP contribution < -0.4 is 4.74 Å². The summed E-state index contributed by atoms with van der Waals surface area (Å²) in [5.74, 6) is 1.49. The molecule has 1 aliphatic carbocycles. The van der Waals surface area contributed by atoms with Crippen LogP contribution in [0.25, 0.3) is 0 Å². The minimum Gasteiger partial charge on any atom is -0.487 e. The van der Waals surface area contributed by atoms with E-state index in [0.717, 1.165) is 17.0 Å². The van der Waals surface area contributed by atoms with Crippen molar-refractivity contribution in [2.45, 2.75) is 32.0 Å². The molecule has 3 rings (SSSR count). The molecule has 1 aromatic heterocycles. The van der Waals surface area contributed by atoms with Crippen molar-refractivity contribution in [3.63, 3.8) is 0 Å². The summed E-state index contributed by atoms with van der Waals surface area (Å²) in [6, 6.07) is 7.51. The van der Waals surface area contributed by atoms with Gasteiger partial charge in [-0.05, 0) is 30.5 Å². The monoisotopic (exact) mass is 261 g/mol. The number of benzene rings is 1. The lowest BCUT2D eigenvalue weighted by molar-refractivity contribution is 0.277. The Hall–Kier alpha value is -1.39. The van der Waals surface area contributed by atoms with Gasteiger partial charge in [0.15, 0.2) is 0 Å². The normalized spacial score (nSPS) is 14.7. The molecule has 0 atom stereocenters. The van der Waals surface area contributed by atoms with Gasteiger partial charge in [0.2, 0.25) is 0 Å². The third kappa shape index (κ3) is 2.71. The first-order valence-electron chi connectivity index (χ1n) is 6.12. The molecule has 2 aromatic rings. The van der Waals surface area contributed by atoms with Gasteiger partial charge in [0, 0.05) is 11.3 Å². The van der Waals surface area contributed by atoms with E-state index in [-0.39, 0.29) is 6.61 Å². The summed E-state index contributed by atoms with van der Waals surface area (Å²) in [7, 11) is 0. The minimum absolute atomic E-state index is 0.0414. The molecule has 0 radical (unpaired) electrons. The molecule has 0 amide bonds. The Morgan fingerprint density at radius 1 is 1.39 bits per heavy atom. The van der Waals surface area contributed by atoms with E-state index < -0.39 is 0 Å². The van der Waals surface area contributed by atoms with Crippen molar-refractivity contribution in [3.05, 3.63) is 45.9 Å². The molecular formula is C14H15NO2S. The van der Waals surface area contributed by atoms with Gasteiger partial charge in [-0.2, -0.15) is 0 Å². The third-order valence-corrected chi connectivity index (χ3v) is 4.02. The van der Waals surface area contributed by atoms with Crippen molar-refractivity contribution >= 4 is 11.3 Å². The highest BCUT2D eigenvalue weighted by Gasteiger charge is 2.26. The Labute approximate surface area is 110 Å². The van der Waals surface area contributed by atoms with E-state index in [1.54, 1.807) is 11.3 Å². The molecule has 1 N–H and O–H groups in total. The highest BCUT2D eigenvalue weighted by molar-refractivity contribution is 7.09. The molecule has 0 saturated heterocycles. The van der Waals surface area contributed by atoms with Crippen LogP contribution in [0.15, 0.2) is 29.6 Å². The van der Waals surface area contributed by atoms with Crippen LogP contribution in [0, 0.1) is 0 Å². The highest BCUT2D eigenvalue weighted by atomic mass is 32.1. The van der Waals surface area contributed by atoms with E-state index >= 15 is 0 Å². The average Bonchev–Trinajstić information content (AvgIpc) is 3.16. The van der Waals surface area contributed by atoms with Gasteiger partial charge in [-0.1, -0.05) is 12.1 Å². The zero-order valence-corrected chi connectivity index (χ0v) is 10.8. The number of nitrogens with zero attached hydrogens (tertiary/aromatic N) is 1. The highest BCUT2D eigenvalue weighted by Crippen LogP contribution is 2.41. The van der Waals surface area contributed by atoms with Gasteiger partial charge in [0.05, 0.1) is 17.3 Å². The zero-order valence-electron chi connectivity index (χ0n) is 10.0. The van der Waals surface area contributed by atoms with Gasteiger partial charge in [0.25, 0.3) is 0 Å². The topological polar surface area (TPSA) is 42.4 Å². The number of rotatable bonds is 5. The summed E-state index contributed by atoms with van der Waals surface area (Å²) in [6.45, 7) is 0.540. The minimum atomic E-state index is 0.0414. The van der Waals surface area contributed by atoms with Crippen LogP contribution in [-0.2, 0) is 13.2 Å². The summed E-state index contributed by atoms with van der Waals surface area (Å²) in [6.07, 6.45) is 2.57. The van der Waals surface area contributed by atoms with Crippen LogP contribution in [0.5, 0.6) is 5.75 Å². The van der Waals surface area contributed by atoms with Crippen molar-refractivity contribution in [2.24, 2.45) is 0 Å². The van der Waals surface area contributed by atoms with E-state index in [9.17, 15) is 0 Å². The van der Waals surface area contributed by atoms with E-state index in [1.807, 2.05) is 24.3 Å². The quantitative estimate of drug-likeness (QED) is 0.899. The van der Waals surface area contributed by atoms with Crippen LogP contribution in [-0.4, -0.2) is 10.1 Å². The largest absolute Gasteiger partial charge is 0.487 e.